The van der Waals surface area contributed by atoms with Crippen LogP contribution in [0.4, 0.5) is 0 Å². The Kier molecular flexibility index (Phi) is 4.37. The van der Waals surface area contributed by atoms with Crippen molar-refractivity contribution in [1.29, 1.82) is 0 Å². The number of hydrogen-bond donors (Lipinski definition) is 0. The summed E-state index contributed by atoms with van der Waals surface area (Å²) in [5.41, 5.74) is 0.753. The second-order valence-corrected chi connectivity index (χ2v) is 4.93. The molecule has 0 amide bonds. The lowest BCUT2D eigenvalue weighted by molar-refractivity contribution is 0.0984. The molecule has 3 nitrogen and oxygen atoms in total. The fourth-order valence-corrected chi connectivity index (χ4v) is 2.24. The number of rotatable bonds is 4. The molecule has 0 aromatic heterocycles. The summed E-state index contributed by atoms with van der Waals surface area (Å²) in [5.74, 6) is 0.993. The highest BCUT2D eigenvalue weighted by atomic mass is 16.5. The molecule has 0 spiro atoms. The van der Waals surface area contributed by atoms with Crippen LogP contribution in [0.5, 0.6) is 5.75 Å². The van der Waals surface area contributed by atoms with Crippen LogP contribution in [-0.4, -0.2) is 36.9 Å². The van der Waals surface area contributed by atoms with Crippen LogP contribution >= 0.6 is 0 Å². The first-order valence-corrected chi connectivity index (χ1v) is 6.67. The number of ether oxygens (including phenoxy) is 1. The van der Waals surface area contributed by atoms with Crippen molar-refractivity contribution in [2.24, 2.45) is 0 Å². The van der Waals surface area contributed by atoms with E-state index in [0.717, 1.165) is 37.2 Å². The second kappa shape index (κ2) is 6.01. The average Bonchev–Trinajstić information content (AvgIpc) is 2.41. The van der Waals surface area contributed by atoms with Crippen LogP contribution in [0.2, 0.25) is 0 Å². The van der Waals surface area contributed by atoms with Gasteiger partial charge in [0.05, 0.1) is 0 Å². The first-order valence-electron chi connectivity index (χ1n) is 6.67. The molecule has 0 N–H and O–H groups in total. The van der Waals surface area contributed by atoms with Crippen LogP contribution in [0.15, 0.2) is 24.3 Å². The minimum Gasteiger partial charge on any atom is -0.490 e. The van der Waals surface area contributed by atoms with Gasteiger partial charge in [0.1, 0.15) is 11.9 Å². The standard InChI is InChI=1S/C15H21NO2/c1-3-15(17)12-5-4-6-14(11-12)18-13-7-9-16(2)10-8-13/h4-6,11,13H,3,7-10H2,1-2H3. The van der Waals surface area contributed by atoms with Gasteiger partial charge in [-0.15, -0.1) is 0 Å². The summed E-state index contributed by atoms with van der Waals surface area (Å²) >= 11 is 0. The molecule has 0 atom stereocenters. The summed E-state index contributed by atoms with van der Waals surface area (Å²) in [6.45, 7) is 4.04. The highest BCUT2D eigenvalue weighted by Crippen LogP contribution is 2.20. The van der Waals surface area contributed by atoms with E-state index in [2.05, 4.69) is 11.9 Å². The van der Waals surface area contributed by atoms with E-state index in [1.165, 1.54) is 0 Å². The van der Waals surface area contributed by atoms with Gasteiger partial charge in [0.25, 0.3) is 0 Å². The van der Waals surface area contributed by atoms with Crippen molar-refractivity contribution in [3.63, 3.8) is 0 Å². The van der Waals surface area contributed by atoms with Crippen molar-refractivity contribution in [3.8, 4) is 5.75 Å². The number of carbonyl (C=O) groups is 1. The van der Waals surface area contributed by atoms with Gasteiger partial charge in [0, 0.05) is 25.1 Å². The van der Waals surface area contributed by atoms with Crippen LogP contribution in [0, 0.1) is 0 Å². The quantitative estimate of drug-likeness (QED) is 0.766. The Balaban J connectivity index is 1.99. The summed E-state index contributed by atoms with van der Waals surface area (Å²) in [5, 5.41) is 0. The van der Waals surface area contributed by atoms with E-state index >= 15 is 0 Å². The molecular weight excluding hydrogens is 226 g/mol. The molecule has 0 aliphatic carbocycles. The molecule has 0 unspecified atom stereocenters. The van der Waals surface area contributed by atoms with Gasteiger partial charge in [-0.25, -0.2) is 0 Å². The lowest BCUT2D eigenvalue weighted by Crippen LogP contribution is -2.35. The molecular formula is C15H21NO2. The second-order valence-electron chi connectivity index (χ2n) is 4.93. The van der Waals surface area contributed by atoms with Gasteiger partial charge in [0.15, 0.2) is 5.78 Å². The Morgan fingerprint density at radius 1 is 1.39 bits per heavy atom. The van der Waals surface area contributed by atoms with Gasteiger partial charge < -0.3 is 9.64 Å². The number of hydrogen-bond acceptors (Lipinski definition) is 3. The van der Waals surface area contributed by atoms with Crippen LogP contribution in [-0.2, 0) is 0 Å². The minimum absolute atomic E-state index is 0.170. The van der Waals surface area contributed by atoms with Crippen LogP contribution < -0.4 is 4.74 Å². The normalized spacial score (nSPS) is 17.7. The first-order chi connectivity index (χ1) is 8.69. The Bertz CT molecular complexity index is 409. The summed E-state index contributed by atoms with van der Waals surface area (Å²) < 4.78 is 5.96. The Morgan fingerprint density at radius 3 is 2.78 bits per heavy atom. The molecule has 0 saturated carbocycles. The van der Waals surface area contributed by atoms with Crippen molar-refractivity contribution in [2.45, 2.75) is 32.3 Å². The van der Waals surface area contributed by atoms with E-state index in [1.807, 2.05) is 31.2 Å². The van der Waals surface area contributed by atoms with Crippen LogP contribution in [0.3, 0.4) is 0 Å². The van der Waals surface area contributed by atoms with E-state index in [0.29, 0.717) is 6.42 Å². The van der Waals surface area contributed by atoms with E-state index in [4.69, 9.17) is 4.74 Å². The molecule has 3 heteroatoms. The van der Waals surface area contributed by atoms with Crippen molar-refractivity contribution < 1.29 is 9.53 Å². The maximum atomic E-state index is 11.6. The molecule has 1 fully saturated rings. The molecule has 0 radical (unpaired) electrons. The lowest BCUT2D eigenvalue weighted by Gasteiger charge is -2.29. The third-order valence-corrected chi connectivity index (χ3v) is 3.45. The van der Waals surface area contributed by atoms with Crippen molar-refractivity contribution >= 4 is 5.78 Å². The third-order valence-electron chi connectivity index (χ3n) is 3.45. The molecule has 1 aromatic rings. The maximum absolute atomic E-state index is 11.6. The zero-order valence-corrected chi connectivity index (χ0v) is 11.2. The third kappa shape index (κ3) is 3.33. The molecule has 1 heterocycles. The topological polar surface area (TPSA) is 29.5 Å². The Hall–Kier alpha value is -1.35. The molecule has 1 saturated heterocycles. The van der Waals surface area contributed by atoms with Gasteiger partial charge >= 0.3 is 0 Å². The summed E-state index contributed by atoms with van der Waals surface area (Å²) in [6, 6.07) is 7.55. The summed E-state index contributed by atoms with van der Waals surface area (Å²) in [4.78, 5) is 14.0. The summed E-state index contributed by atoms with van der Waals surface area (Å²) in [6.07, 6.45) is 2.94. The van der Waals surface area contributed by atoms with Crippen LogP contribution in [0.25, 0.3) is 0 Å². The first kappa shape index (κ1) is 13.1. The summed E-state index contributed by atoms with van der Waals surface area (Å²) in [7, 11) is 2.14. The number of likely N-dealkylation sites (tertiary alicyclic amines) is 1. The van der Waals surface area contributed by atoms with Gasteiger partial charge in [-0.1, -0.05) is 19.1 Å². The molecule has 2 rings (SSSR count). The molecule has 1 aliphatic heterocycles. The SMILES string of the molecule is CCC(=O)c1cccc(OC2CCN(C)CC2)c1. The molecule has 98 valence electrons. The maximum Gasteiger partial charge on any atom is 0.162 e. The lowest BCUT2D eigenvalue weighted by atomic mass is 10.1. The molecule has 18 heavy (non-hydrogen) atoms. The number of ketones is 1. The number of benzene rings is 1. The molecule has 1 aliphatic rings. The Morgan fingerprint density at radius 2 is 2.11 bits per heavy atom. The van der Waals surface area contributed by atoms with Crippen molar-refractivity contribution in [2.75, 3.05) is 20.1 Å². The van der Waals surface area contributed by atoms with E-state index in [1.54, 1.807) is 0 Å². The fraction of sp³-hybridized carbons (Fsp3) is 0.533. The van der Waals surface area contributed by atoms with E-state index < -0.39 is 0 Å². The van der Waals surface area contributed by atoms with Gasteiger partial charge in [-0.2, -0.15) is 0 Å². The number of piperidine rings is 1. The van der Waals surface area contributed by atoms with Crippen molar-refractivity contribution in [3.05, 3.63) is 29.8 Å². The van der Waals surface area contributed by atoms with Gasteiger partial charge in [0.2, 0.25) is 0 Å². The number of nitrogens with zero attached hydrogens (tertiary/aromatic N) is 1. The fourth-order valence-electron chi connectivity index (χ4n) is 2.24. The monoisotopic (exact) mass is 247 g/mol. The largest absolute Gasteiger partial charge is 0.490 e. The number of Topliss-reactive ketones (excluding diaryl/α,β-unsaturated/α-hetero) is 1. The molecule has 1 aromatic carbocycles. The highest BCUT2D eigenvalue weighted by molar-refractivity contribution is 5.96. The Labute approximate surface area is 109 Å². The van der Waals surface area contributed by atoms with Crippen molar-refractivity contribution in [1.82, 2.24) is 4.90 Å². The minimum atomic E-state index is 0.170. The highest BCUT2D eigenvalue weighted by Gasteiger charge is 2.18. The average molecular weight is 247 g/mol. The van der Waals surface area contributed by atoms with E-state index in [9.17, 15) is 4.79 Å². The zero-order chi connectivity index (χ0) is 13.0. The molecule has 0 bridgehead atoms. The zero-order valence-electron chi connectivity index (χ0n) is 11.2. The van der Waals surface area contributed by atoms with E-state index in [-0.39, 0.29) is 11.9 Å². The van der Waals surface area contributed by atoms with Gasteiger partial charge in [-0.3, -0.25) is 4.79 Å². The predicted octanol–water partition coefficient (Wildman–Crippen LogP) is 2.75. The van der Waals surface area contributed by atoms with Gasteiger partial charge in [-0.05, 0) is 32.0 Å². The predicted molar refractivity (Wildman–Crippen MR) is 72.2 cm³/mol. The number of carbonyl (C=O) groups excluding carboxylic acids is 1. The van der Waals surface area contributed by atoms with Crippen LogP contribution in [0.1, 0.15) is 36.5 Å². The smallest absolute Gasteiger partial charge is 0.162 e.